The minimum atomic E-state index is -0.530. The predicted molar refractivity (Wildman–Crippen MR) is 236 cm³/mol. The minimum Gasteiger partial charge on any atom is -0.507 e. The first-order valence-corrected chi connectivity index (χ1v) is 21.5. The van der Waals surface area contributed by atoms with E-state index in [4.69, 9.17) is 9.47 Å². The molecule has 2 saturated carbocycles. The molecule has 0 amide bonds. The molecule has 6 N–H and O–H groups in total. The number of aromatic hydroxyl groups is 6. The third kappa shape index (κ3) is 6.20. The van der Waals surface area contributed by atoms with Crippen molar-refractivity contribution in [3.63, 3.8) is 0 Å². The number of phenolic OH excluding ortho intramolecular Hbond substituents is 6. The third-order valence-corrected chi connectivity index (χ3v) is 14.2. The maximum absolute atomic E-state index is 14.3. The molecule has 314 valence electrons. The Kier molecular flexibility index (Phi) is 9.82. The van der Waals surface area contributed by atoms with Gasteiger partial charge in [-0.3, -0.25) is 9.59 Å². The van der Waals surface area contributed by atoms with E-state index < -0.39 is 45.4 Å². The summed E-state index contributed by atoms with van der Waals surface area (Å²) in [5.41, 5.74) is 0.0188. The van der Waals surface area contributed by atoms with Crippen LogP contribution >= 0.6 is 0 Å². The largest absolute Gasteiger partial charge is 0.507 e. The van der Waals surface area contributed by atoms with Gasteiger partial charge in [-0.1, -0.05) is 54.4 Å². The Morgan fingerprint density at radius 1 is 0.483 bits per heavy atom. The summed E-state index contributed by atoms with van der Waals surface area (Å²) in [6.07, 6.45) is 6.08. The zero-order chi connectivity index (χ0) is 42.6. The Labute approximate surface area is 347 Å². The minimum absolute atomic E-state index is 0.0156. The van der Waals surface area contributed by atoms with Gasteiger partial charge in [-0.2, -0.15) is 0 Å². The lowest BCUT2D eigenvalue weighted by Crippen LogP contribution is -2.34. The molecule has 0 heterocycles. The molecule has 0 spiro atoms. The Morgan fingerprint density at radius 3 is 1.22 bits per heavy atom. The first-order valence-electron chi connectivity index (χ1n) is 21.5. The number of ether oxygens (including phenoxy) is 2. The van der Waals surface area contributed by atoms with E-state index in [1.165, 1.54) is 12.1 Å². The Hall–Kier alpha value is -5.32. The fourth-order valence-corrected chi connectivity index (χ4v) is 11.2. The number of rotatable bonds is 8. The molecule has 7 aromatic carbocycles. The number of fused-ring (bicyclic) bond motifs is 6. The standard InChI is InChI=1S/C50H54O10/c1-21(2)27-9-7-23(5)11-37(27)59-19-25-13-29-39(31(51)15-25)49(57)45-35(55)17-33(53)43-44-34(54)18-36(56)46-48(44)42(41(29)47(43)45)30-14-26(16-32(52)40(30)50(46)58)20-60-38-12-24(6)8-10-28(38)22(3)4/h13-18,21-24,27-28,37-38,53-58H,7-12,19-20H2,1-6H3/t23-,24-,27+,28+,37-,38-/m1/s1. The number of hydrogen-bond acceptors (Lipinski definition) is 10. The van der Waals surface area contributed by atoms with Crippen LogP contribution in [0.4, 0.5) is 0 Å². The lowest BCUT2D eigenvalue weighted by Gasteiger charge is -2.37. The smallest absolute Gasteiger partial charge is 0.190 e. The van der Waals surface area contributed by atoms with Gasteiger partial charge in [-0.25, -0.2) is 0 Å². The van der Waals surface area contributed by atoms with Crippen LogP contribution in [0, 0.1) is 35.5 Å². The van der Waals surface area contributed by atoms with Crippen molar-refractivity contribution in [2.45, 2.75) is 105 Å². The first-order chi connectivity index (χ1) is 28.5. The van der Waals surface area contributed by atoms with Crippen molar-refractivity contribution in [3.8, 4) is 34.5 Å². The highest BCUT2D eigenvalue weighted by Gasteiger charge is 2.34. The summed E-state index contributed by atoms with van der Waals surface area (Å²) in [5.74, 6) is -0.451. The van der Waals surface area contributed by atoms with Crippen molar-refractivity contribution in [1.82, 2.24) is 0 Å². The SMILES string of the molecule is CC(C)[C@@H]1CC[C@@H](C)C[C@H]1OCc1cc(=O)c2c(O)c3c(O)cc(O)c4c5c(O)cc(O)c6c(O)c7c(=O)cc(CO[C@@H]8C[C@H](C)CC[C@H]8C(C)C)cc7c(c65)c(c2c1)c34. The average molecular weight is 815 g/mol. The summed E-state index contributed by atoms with van der Waals surface area (Å²) in [6, 6.07) is 8.43. The molecule has 2 aliphatic carbocycles. The molecule has 10 nitrogen and oxygen atoms in total. The maximum atomic E-state index is 14.3. The topological polar surface area (TPSA) is 174 Å². The van der Waals surface area contributed by atoms with Crippen molar-refractivity contribution in [2.75, 3.05) is 0 Å². The lowest BCUT2D eigenvalue weighted by molar-refractivity contribution is -0.0473. The quantitative estimate of drug-likeness (QED) is 0.0640. The van der Waals surface area contributed by atoms with E-state index in [0.29, 0.717) is 46.6 Å². The van der Waals surface area contributed by atoms with Gasteiger partial charge in [0.25, 0.3) is 0 Å². The molecule has 9 rings (SSSR count). The van der Waals surface area contributed by atoms with Crippen LogP contribution in [-0.2, 0) is 22.7 Å². The van der Waals surface area contributed by atoms with Crippen LogP contribution in [0.15, 0.2) is 46.0 Å². The summed E-state index contributed by atoms with van der Waals surface area (Å²) < 4.78 is 13.2. The van der Waals surface area contributed by atoms with Crippen molar-refractivity contribution in [3.05, 3.63) is 68.0 Å². The second-order valence-electron chi connectivity index (χ2n) is 18.9. The Morgan fingerprint density at radius 2 is 0.850 bits per heavy atom. The van der Waals surface area contributed by atoms with E-state index in [9.17, 15) is 40.2 Å². The predicted octanol–water partition coefficient (Wildman–Crippen LogP) is 10.4. The van der Waals surface area contributed by atoms with E-state index in [2.05, 4.69) is 41.5 Å². The van der Waals surface area contributed by atoms with E-state index in [1.807, 2.05) is 0 Å². The van der Waals surface area contributed by atoms with Crippen molar-refractivity contribution in [1.29, 1.82) is 0 Å². The molecule has 2 fully saturated rings. The lowest BCUT2D eigenvalue weighted by atomic mass is 9.75. The van der Waals surface area contributed by atoms with Gasteiger partial charge in [0.15, 0.2) is 10.9 Å². The number of hydrogen-bond donors (Lipinski definition) is 6. The molecule has 10 heteroatoms. The van der Waals surface area contributed by atoms with Gasteiger partial charge < -0.3 is 40.1 Å². The molecule has 0 saturated heterocycles. The molecule has 0 bridgehead atoms. The molecular weight excluding hydrogens is 761 g/mol. The monoisotopic (exact) mass is 814 g/mol. The molecule has 0 radical (unpaired) electrons. The first kappa shape index (κ1) is 40.1. The fraction of sp³-hybridized carbons (Fsp3) is 0.440. The van der Waals surface area contributed by atoms with Crippen molar-refractivity contribution < 1.29 is 40.1 Å². The molecule has 7 aromatic rings. The van der Waals surface area contributed by atoms with Crippen molar-refractivity contribution in [2.24, 2.45) is 35.5 Å². The normalized spacial score (nSPS) is 22.9. The van der Waals surface area contributed by atoms with Gasteiger partial charge >= 0.3 is 0 Å². The van der Waals surface area contributed by atoms with Crippen LogP contribution < -0.4 is 10.9 Å². The molecule has 6 atom stereocenters. The molecule has 0 aromatic heterocycles. The van der Waals surface area contributed by atoms with Gasteiger partial charge in [0.1, 0.15) is 34.5 Å². The van der Waals surface area contributed by atoms with Crippen LogP contribution in [0.5, 0.6) is 34.5 Å². The number of benzene rings is 7. The van der Waals surface area contributed by atoms with E-state index in [0.717, 1.165) is 50.7 Å². The summed E-state index contributed by atoms with van der Waals surface area (Å²) in [5, 5.41) is 71.0. The van der Waals surface area contributed by atoms with Crippen LogP contribution in [0.2, 0.25) is 0 Å². The number of phenols is 6. The molecule has 2 aliphatic rings. The van der Waals surface area contributed by atoms with Gasteiger partial charge in [-0.15, -0.1) is 0 Å². The fourth-order valence-electron chi connectivity index (χ4n) is 11.2. The van der Waals surface area contributed by atoms with Gasteiger partial charge in [0.2, 0.25) is 0 Å². The van der Waals surface area contributed by atoms with Gasteiger partial charge in [0, 0.05) is 33.7 Å². The van der Waals surface area contributed by atoms with E-state index in [1.54, 1.807) is 12.1 Å². The summed E-state index contributed by atoms with van der Waals surface area (Å²) in [7, 11) is 0. The van der Waals surface area contributed by atoms with Gasteiger partial charge in [-0.05, 0) is 118 Å². The van der Waals surface area contributed by atoms with Crippen LogP contribution in [0.1, 0.15) is 91.2 Å². The zero-order valence-corrected chi connectivity index (χ0v) is 35.1. The third-order valence-electron chi connectivity index (χ3n) is 14.2. The maximum Gasteiger partial charge on any atom is 0.190 e. The molecule has 0 unspecified atom stereocenters. The van der Waals surface area contributed by atoms with E-state index >= 15 is 0 Å². The Bertz CT molecular complexity index is 2770. The van der Waals surface area contributed by atoms with Crippen LogP contribution in [0.25, 0.3) is 64.6 Å². The van der Waals surface area contributed by atoms with Crippen LogP contribution in [-0.4, -0.2) is 42.8 Å². The van der Waals surface area contributed by atoms with Crippen molar-refractivity contribution >= 4 is 64.6 Å². The second-order valence-corrected chi connectivity index (χ2v) is 18.9. The van der Waals surface area contributed by atoms with E-state index in [-0.39, 0.29) is 90.1 Å². The molecule has 0 aliphatic heterocycles. The Balaban J connectivity index is 1.37. The highest BCUT2D eigenvalue weighted by molar-refractivity contribution is 6.46. The second kappa shape index (κ2) is 14.7. The molecule has 60 heavy (non-hydrogen) atoms. The van der Waals surface area contributed by atoms with Crippen LogP contribution in [0.3, 0.4) is 0 Å². The summed E-state index contributed by atoms with van der Waals surface area (Å²) in [6.45, 7) is 13.4. The highest BCUT2D eigenvalue weighted by Crippen LogP contribution is 2.57. The zero-order valence-electron chi connectivity index (χ0n) is 35.1. The van der Waals surface area contributed by atoms with Gasteiger partial charge in [0.05, 0.1) is 47.0 Å². The summed E-state index contributed by atoms with van der Waals surface area (Å²) in [4.78, 5) is 28.6. The highest BCUT2D eigenvalue weighted by atomic mass is 16.5. The summed E-state index contributed by atoms with van der Waals surface area (Å²) >= 11 is 0. The average Bonchev–Trinajstić information content (AvgIpc) is 3.17. The molecular formula is C50H54O10.